The normalized spacial score (nSPS) is 9.83. The molecule has 0 aliphatic heterocycles. The molecular formula is C14H14N2O2. The van der Waals surface area contributed by atoms with Crippen molar-refractivity contribution in [1.29, 1.82) is 0 Å². The van der Waals surface area contributed by atoms with Gasteiger partial charge in [0, 0.05) is 11.4 Å². The van der Waals surface area contributed by atoms with E-state index >= 15 is 0 Å². The number of amides is 1. The summed E-state index contributed by atoms with van der Waals surface area (Å²) in [7, 11) is 0. The van der Waals surface area contributed by atoms with E-state index in [2.05, 4.69) is 5.32 Å². The van der Waals surface area contributed by atoms with Crippen molar-refractivity contribution in [2.24, 2.45) is 0 Å². The van der Waals surface area contributed by atoms with E-state index in [-0.39, 0.29) is 0 Å². The third kappa shape index (κ3) is 3.01. The van der Waals surface area contributed by atoms with Crippen LogP contribution in [0.3, 0.4) is 0 Å². The number of hydrogen-bond acceptors (Lipinski definition) is 3. The Morgan fingerprint density at radius 1 is 1.17 bits per heavy atom. The third-order valence-corrected chi connectivity index (χ3v) is 2.47. The largest absolute Gasteiger partial charge is 0.417 e. The lowest BCUT2D eigenvalue weighted by molar-refractivity contribution is 0.215. The Morgan fingerprint density at radius 3 is 2.56 bits per heavy atom. The maximum Gasteiger partial charge on any atom is 0.417 e. The van der Waals surface area contributed by atoms with Crippen LogP contribution in [0.1, 0.15) is 5.56 Å². The van der Waals surface area contributed by atoms with Gasteiger partial charge < -0.3 is 10.5 Å². The first-order valence-corrected chi connectivity index (χ1v) is 5.55. The number of nitrogens with one attached hydrogen (secondary N) is 1. The number of hydrogen-bond donors (Lipinski definition) is 2. The monoisotopic (exact) mass is 242 g/mol. The van der Waals surface area contributed by atoms with Crippen molar-refractivity contribution in [3.63, 3.8) is 0 Å². The number of nitrogens with two attached hydrogens (primary N) is 1. The number of carbonyl (C=O) groups is 1. The van der Waals surface area contributed by atoms with Crippen molar-refractivity contribution in [2.45, 2.75) is 6.92 Å². The molecule has 0 saturated heterocycles. The Morgan fingerprint density at radius 2 is 1.89 bits per heavy atom. The molecule has 0 radical (unpaired) electrons. The molecule has 0 fully saturated rings. The number of ether oxygens (including phenoxy) is 1. The molecule has 0 heterocycles. The van der Waals surface area contributed by atoms with Crippen LogP contribution < -0.4 is 15.8 Å². The van der Waals surface area contributed by atoms with Crippen molar-refractivity contribution in [1.82, 2.24) is 0 Å². The quantitative estimate of drug-likeness (QED) is 0.795. The Hall–Kier alpha value is -2.49. The van der Waals surface area contributed by atoms with Gasteiger partial charge in [0.2, 0.25) is 0 Å². The lowest BCUT2D eigenvalue weighted by Gasteiger charge is -2.08. The number of aryl methyl sites for hydroxylation is 1. The summed E-state index contributed by atoms with van der Waals surface area (Å²) in [5.74, 6) is 0.468. The molecule has 0 atom stereocenters. The van der Waals surface area contributed by atoms with Gasteiger partial charge in [0.05, 0.1) is 0 Å². The van der Waals surface area contributed by atoms with Crippen molar-refractivity contribution >= 4 is 17.5 Å². The van der Waals surface area contributed by atoms with Gasteiger partial charge in [-0.2, -0.15) is 0 Å². The number of para-hydroxylation sites is 1. The van der Waals surface area contributed by atoms with E-state index < -0.39 is 6.09 Å². The molecule has 0 unspecified atom stereocenters. The zero-order valence-electron chi connectivity index (χ0n) is 10.0. The van der Waals surface area contributed by atoms with Gasteiger partial charge in [0.15, 0.2) is 0 Å². The number of anilines is 2. The molecule has 2 aromatic carbocycles. The second-order valence-corrected chi connectivity index (χ2v) is 3.90. The molecular weight excluding hydrogens is 228 g/mol. The summed E-state index contributed by atoms with van der Waals surface area (Å²) < 4.78 is 5.15. The minimum absolute atomic E-state index is 0.468. The zero-order valence-corrected chi connectivity index (χ0v) is 10.0. The van der Waals surface area contributed by atoms with E-state index in [0.717, 1.165) is 5.56 Å². The molecule has 3 N–H and O–H groups in total. The van der Waals surface area contributed by atoms with Gasteiger partial charge in [0.25, 0.3) is 0 Å². The van der Waals surface area contributed by atoms with Crippen LogP contribution in [0.2, 0.25) is 0 Å². The van der Waals surface area contributed by atoms with Gasteiger partial charge >= 0.3 is 6.09 Å². The Balaban J connectivity index is 2.01. The molecule has 92 valence electrons. The topological polar surface area (TPSA) is 64.3 Å². The van der Waals surface area contributed by atoms with Crippen LogP contribution in [0.15, 0.2) is 48.5 Å². The second-order valence-electron chi connectivity index (χ2n) is 3.90. The van der Waals surface area contributed by atoms with Crippen LogP contribution in [0, 0.1) is 6.92 Å². The fraction of sp³-hybridized carbons (Fsp3) is 0.0714. The second kappa shape index (κ2) is 5.23. The molecule has 18 heavy (non-hydrogen) atoms. The summed E-state index contributed by atoms with van der Waals surface area (Å²) in [6, 6.07) is 14.2. The molecule has 0 spiro atoms. The number of carbonyl (C=O) groups excluding carboxylic acids is 1. The fourth-order valence-corrected chi connectivity index (χ4v) is 1.48. The van der Waals surface area contributed by atoms with E-state index in [9.17, 15) is 4.79 Å². The van der Waals surface area contributed by atoms with E-state index in [4.69, 9.17) is 10.5 Å². The van der Waals surface area contributed by atoms with Gasteiger partial charge in [-0.25, -0.2) is 4.79 Å². The van der Waals surface area contributed by atoms with Crippen molar-refractivity contribution in [3.8, 4) is 5.75 Å². The highest BCUT2D eigenvalue weighted by atomic mass is 16.6. The van der Waals surface area contributed by atoms with E-state index in [0.29, 0.717) is 17.1 Å². The van der Waals surface area contributed by atoms with Crippen molar-refractivity contribution in [3.05, 3.63) is 54.1 Å². The molecule has 4 heteroatoms. The summed E-state index contributed by atoms with van der Waals surface area (Å²) in [5, 5.41) is 2.63. The van der Waals surface area contributed by atoms with E-state index in [1.54, 1.807) is 30.3 Å². The first-order chi connectivity index (χ1) is 8.65. The average Bonchev–Trinajstić information content (AvgIpc) is 2.35. The molecule has 0 aromatic heterocycles. The van der Waals surface area contributed by atoms with Crippen LogP contribution >= 0.6 is 0 Å². The van der Waals surface area contributed by atoms with Crippen molar-refractivity contribution < 1.29 is 9.53 Å². The van der Waals surface area contributed by atoms with Gasteiger partial charge in [-0.3, -0.25) is 5.32 Å². The van der Waals surface area contributed by atoms with Crippen molar-refractivity contribution in [2.75, 3.05) is 11.1 Å². The molecule has 1 amide bonds. The number of benzene rings is 2. The first-order valence-electron chi connectivity index (χ1n) is 5.55. The number of nitrogen functional groups attached to an aromatic ring is 1. The van der Waals surface area contributed by atoms with Crippen LogP contribution in [-0.2, 0) is 0 Å². The highest BCUT2D eigenvalue weighted by Gasteiger charge is 2.05. The van der Waals surface area contributed by atoms with Crippen LogP contribution in [0.5, 0.6) is 5.75 Å². The van der Waals surface area contributed by atoms with Gasteiger partial charge in [0.1, 0.15) is 5.75 Å². The van der Waals surface area contributed by atoms with Gasteiger partial charge in [-0.15, -0.1) is 0 Å². The summed E-state index contributed by atoms with van der Waals surface area (Å²) in [6.45, 7) is 1.86. The maximum atomic E-state index is 11.6. The Labute approximate surface area is 105 Å². The molecule has 0 bridgehead atoms. The fourth-order valence-electron chi connectivity index (χ4n) is 1.48. The molecule has 4 nitrogen and oxygen atoms in total. The zero-order chi connectivity index (χ0) is 13.0. The number of rotatable bonds is 2. The molecule has 2 aromatic rings. The smallest absolute Gasteiger partial charge is 0.410 e. The molecule has 0 aliphatic rings. The minimum Gasteiger partial charge on any atom is -0.410 e. The third-order valence-electron chi connectivity index (χ3n) is 2.47. The van der Waals surface area contributed by atoms with Crippen LogP contribution in [0.25, 0.3) is 0 Å². The first kappa shape index (κ1) is 12.0. The molecule has 2 rings (SSSR count). The Bertz CT molecular complexity index is 553. The average molecular weight is 242 g/mol. The van der Waals surface area contributed by atoms with Crippen LogP contribution in [-0.4, -0.2) is 6.09 Å². The standard InChI is InChI=1S/C14H14N2O2/c1-10-9-12(7-8-13(10)15)18-14(17)16-11-5-3-2-4-6-11/h2-9H,15H2,1H3,(H,16,17). The van der Waals surface area contributed by atoms with Crippen LogP contribution in [0.4, 0.5) is 16.2 Å². The highest BCUT2D eigenvalue weighted by Crippen LogP contribution is 2.19. The van der Waals surface area contributed by atoms with E-state index in [1.807, 2.05) is 25.1 Å². The Kier molecular flexibility index (Phi) is 3.48. The van der Waals surface area contributed by atoms with Gasteiger partial charge in [-0.05, 0) is 42.8 Å². The maximum absolute atomic E-state index is 11.6. The summed E-state index contributed by atoms with van der Waals surface area (Å²) in [5.41, 5.74) is 7.92. The minimum atomic E-state index is -0.523. The lowest BCUT2D eigenvalue weighted by Crippen LogP contribution is -2.16. The molecule has 0 aliphatic carbocycles. The summed E-state index contributed by atoms with van der Waals surface area (Å²) in [4.78, 5) is 11.6. The summed E-state index contributed by atoms with van der Waals surface area (Å²) >= 11 is 0. The molecule has 0 saturated carbocycles. The SMILES string of the molecule is Cc1cc(OC(=O)Nc2ccccc2)ccc1N. The summed E-state index contributed by atoms with van der Waals surface area (Å²) in [6.07, 6.45) is -0.523. The lowest BCUT2D eigenvalue weighted by atomic mass is 10.2. The predicted octanol–water partition coefficient (Wildman–Crippen LogP) is 3.19. The van der Waals surface area contributed by atoms with E-state index in [1.165, 1.54) is 0 Å². The highest BCUT2D eigenvalue weighted by molar-refractivity contribution is 5.86. The predicted molar refractivity (Wildman–Crippen MR) is 71.7 cm³/mol. The van der Waals surface area contributed by atoms with Gasteiger partial charge in [-0.1, -0.05) is 18.2 Å².